The first-order chi connectivity index (χ1) is 9.44. The molecule has 20 heavy (non-hydrogen) atoms. The second-order valence-corrected chi connectivity index (χ2v) is 6.85. The first kappa shape index (κ1) is 17.5. The van der Waals surface area contributed by atoms with E-state index >= 15 is 0 Å². The number of likely N-dealkylation sites (tertiary alicyclic amines) is 1. The van der Waals surface area contributed by atoms with Gasteiger partial charge in [-0.25, -0.2) is 0 Å². The smallest absolute Gasteiger partial charge is 0.105 e. The van der Waals surface area contributed by atoms with Gasteiger partial charge in [0, 0.05) is 12.6 Å². The first-order valence-corrected chi connectivity index (χ1v) is 8.34. The molecule has 3 nitrogen and oxygen atoms in total. The third kappa shape index (κ3) is 4.20. The highest BCUT2D eigenvalue weighted by atomic mass is 15.2. The maximum atomic E-state index is 9.47. The van der Waals surface area contributed by atoms with Crippen LogP contribution in [0.25, 0.3) is 0 Å². The van der Waals surface area contributed by atoms with Gasteiger partial charge in [0.2, 0.25) is 0 Å². The van der Waals surface area contributed by atoms with Crippen LogP contribution in [-0.2, 0) is 0 Å². The second-order valence-electron chi connectivity index (χ2n) is 6.85. The van der Waals surface area contributed by atoms with Crippen molar-refractivity contribution in [3.05, 3.63) is 0 Å². The molecule has 1 fully saturated rings. The number of hydrogen-bond donors (Lipinski definition) is 1. The molecular weight excluding hydrogens is 246 g/mol. The van der Waals surface area contributed by atoms with Gasteiger partial charge in [-0.1, -0.05) is 20.8 Å². The Kier molecular flexibility index (Phi) is 6.48. The molecule has 1 aliphatic heterocycles. The monoisotopic (exact) mass is 279 g/mol. The molecule has 0 aromatic heterocycles. The standard InChI is InChI=1S/C17H33N3/c1-6-10-19-16(5,13-18)12-15(4)20-11-9-17(7-2,8-3)14-20/h15,19H,6-12,14H2,1-5H3. The van der Waals surface area contributed by atoms with Gasteiger partial charge in [-0.3, -0.25) is 10.2 Å². The van der Waals surface area contributed by atoms with E-state index in [1.165, 1.54) is 32.4 Å². The van der Waals surface area contributed by atoms with Crippen LogP contribution in [0.5, 0.6) is 0 Å². The fourth-order valence-electron chi connectivity index (χ4n) is 3.45. The lowest BCUT2D eigenvalue weighted by Gasteiger charge is -2.33. The third-order valence-electron chi connectivity index (χ3n) is 5.31. The molecular formula is C17H33N3. The Morgan fingerprint density at radius 2 is 2.00 bits per heavy atom. The van der Waals surface area contributed by atoms with Crippen LogP contribution in [0.4, 0.5) is 0 Å². The SMILES string of the molecule is CCCNC(C)(C#N)CC(C)N1CCC(CC)(CC)C1. The predicted molar refractivity (Wildman–Crippen MR) is 85.6 cm³/mol. The molecule has 1 heterocycles. The van der Waals surface area contributed by atoms with Crippen LogP contribution in [0.15, 0.2) is 0 Å². The van der Waals surface area contributed by atoms with Crippen molar-refractivity contribution in [1.82, 2.24) is 10.2 Å². The van der Waals surface area contributed by atoms with Crippen LogP contribution in [0.1, 0.15) is 66.7 Å². The maximum Gasteiger partial charge on any atom is 0.105 e. The van der Waals surface area contributed by atoms with E-state index < -0.39 is 0 Å². The number of rotatable bonds is 8. The Morgan fingerprint density at radius 3 is 2.45 bits per heavy atom. The lowest BCUT2D eigenvalue weighted by atomic mass is 9.82. The summed E-state index contributed by atoms with van der Waals surface area (Å²) in [7, 11) is 0. The summed E-state index contributed by atoms with van der Waals surface area (Å²) in [6.07, 6.45) is 5.85. The Bertz CT molecular complexity index is 330. The molecule has 2 atom stereocenters. The van der Waals surface area contributed by atoms with Crippen LogP contribution in [0, 0.1) is 16.7 Å². The van der Waals surface area contributed by atoms with Crippen molar-refractivity contribution < 1.29 is 0 Å². The zero-order chi connectivity index (χ0) is 15.2. The second kappa shape index (κ2) is 7.43. The fourth-order valence-corrected chi connectivity index (χ4v) is 3.45. The van der Waals surface area contributed by atoms with Crippen LogP contribution >= 0.6 is 0 Å². The van der Waals surface area contributed by atoms with Gasteiger partial charge in [0.1, 0.15) is 5.54 Å². The molecule has 0 aromatic rings. The van der Waals surface area contributed by atoms with Gasteiger partial charge in [-0.2, -0.15) is 5.26 Å². The summed E-state index contributed by atoms with van der Waals surface area (Å²) in [6.45, 7) is 14.4. The molecule has 2 unspecified atom stereocenters. The van der Waals surface area contributed by atoms with E-state index in [0.29, 0.717) is 11.5 Å². The number of nitrogens with one attached hydrogen (secondary N) is 1. The van der Waals surface area contributed by atoms with Crippen molar-refractivity contribution in [3.63, 3.8) is 0 Å². The highest BCUT2D eigenvalue weighted by molar-refractivity contribution is 5.06. The van der Waals surface area contributed by atoms with Gasteiger partial charge in [0.15, 0.2) is 0 Å². The quantitative estimate of drug-likeness (QED) is 0.738. The van der Waals surface area contributed by atoms with E-state index in [-0.39, 0.29) is 5.54 Å². The summed E-state index contributed by atoms with van der Waals surface area (Å²) in [6, 6.07) is 2.95. The molecule has 3 heteroatoms. The van der Waals surface area contributed by atoms with Crippen molar-refractivity contribution in [3.8, 4) is 6.07 Å². The zero-order valence-electron chi connectivity index (χ0n) is 14.1. The Balaban J connectivity index is 2.59. The van der Waals surface area contributed by atoms with Crippen LogP contribution in [-0.4, -0.2) is 36.1 Å². The topological polar surface area (TPSA) is 39.1 Å². The molecule has 0 amide bonds. The minimum Gasteiger partial charge on any atom is -0.300 e. The highest BCUT2D eigenvalue weighted by Gasteiger charge is 2.38. The molecule has 0 aliphatic carbocycles. The Morgan fingerprint density at radius 1 is 1.35 bits per heavy atom. The van der Waals surface area contributed by atoms with Crippen molar-refractivity contribution in [2.45, 2.75) is 78.3 Å². The van der Waals surface area contributed by atoms with Crippen molar-refractivity contribution in [2.24, 2.45) is 5.41 Å². The molecule has 0 radical (unpaired) electrons. The Hall–Kier alpha value is -0.590. The summed E-state index contributed by atoms with van der Waals surface area (Å²) in [4.78, 5) is 2.59. The highest BCUT2D eigenvalue weighted by Crippen LogP contribution is 2.38. The van der Waals surface area contributed by atoms with Crippen LogP contribution in [0.2, 0.25) is 0 Å². The summed E-state index contributed by atoms with van der Waals surface area (Å²) >= 11 is 0. The number of nitriles is 1. The molecule has 116 valence electrons. The van der Waals surface area contributed by atoms with Gasteiger partial charge in [0.05, 0.1) is 6.07 Å². The van der Waals surface area contributed by atoms with E-state index in [1.54, 1.807) is 0 Å². The molecule has 1 saturated heterocycles. The first-order valence-electron chi connectivity index (χ1n) is 8.34. The van der Waals surface area contributed by atoms with E-state index in [1.807, 2.05) is 6.92 Å². The average molecular weight is 279 g/mol. The van der Waals surface area contributed by atoms with Crippen LogP contribution in [0.3, 0.4) is 0 Å². The van der Waals surface area contributed by atoms with Crippen LogP contribution < -0.4 is 5.32 Å². The van der Waals surface area contributed by atoms with Crippen molar-refractivity contribution in [2.75, 3.05) is 19.6 Å². The van der Waals surface area contributed by atoms with E-state index in [4.69, 9.17) is 0 Å². The minimum atomic E-state index is -0.390. The molecule has 0 saturated carbocycles. The maximum absolute atomic E-state index is 9.47. The van der Waals surface area contributed by atoms with E-state index in [9.17, 15) is 5.26 Å². The van der Waals surface area contributed by atoms with Gasteiger partial charge in [-0.05, 0) is 64.5 Å². The van der Waals surface area contributed by atoms with Crippen molar-refractivity contribution >= 4 is 0 Å². The predicted octanol–water partition coefficient (Wildman–Crippen LogP) is 3.56. The normalized spacial score (nSPS) is 23.2. The summed E-state index contributed by atoms with van der Waals surface area (Å²) in [5.74, 6) is 0. The number of hydrogen-bond acceptors (Lipinski definition) is 3. The van der Waals surface area contributed by atoms with Gasteiger partial charge < -0.3 is 0 Å². The Labute approximate surface area is 125 Å². The summed E-state index contributed by atoms with van der Waals surface area (Å²) < 4.78 is 0. The minimum absolute atomic E-state index is 0.390. The lowest BCUT2D eigenvalue weighted by Crippen LogP contribution is -2.47. The number of nitrogens with zero attached hydrogens (tertiary/aromatic N) is 2. The molecule has 1 N–H and O–H groups in total. The van der Waals surface area contributed by atoms with E-state index in [0.717, 1.165) is 19.4 Å². The lowest BCUT2D eigenvalue weighted by molar-refractivity contribution is 0.177. The van der Waals surface area contributed by atoms with Gasteiger partial charge in [-0.15, -0.1) is 0 Å². The van der Waals surface area contributed by atoms with E-state index in [2.05, 4.69) is 44.0 Å². The molecule has 0 bridgehead atoms. The largest absolute Gasteiger partial charge is 0.300 e. The zero-order valence-corrected chi connectivity index (χ0v) is 14.1. The summed E-state index contributed by atoms with van der Waals surface area (Å²) in [5, 5.41) is 12.9. The average Bonchev–Trinajstić information content (AvgIpc) is 2.90. The summed E-state index contributed by atoms with van der Waals surface area (Å²) in [5.41, 5.74) is 0.132. The fraction of sp³-hybridized carbons (Fsp3) is 0.941. The molecule has 1 aliphatic rings. The van der Waals surface area contributed by atoms with Gasteiger partial charge in [0.25, 0.3) is 0 Å². The molecule has 0 spiro atoms. The van der Waals surface area contributed by atoms with Crippen molar-refractivity contribution in [1.29, 1.82) is 5.26 Å². The molecule has 1 rings (SSSR count). The third-order valence-corrected chi connectivity index (χ3v) is 5.31. The molecule has 0 aromatic carbocycles. The van der Waals surface area contributed by atoms with Gasteiger partial charge >= 0.3 is 0 Å².